The molecule has 0 saturated carbocycles. The van der Waals surface area contributed by atoms with E-state index in [-0.39, 0.29) is 31.3 Å². The quantitative estimate of drug-likeness (QED) is 0.738. The zero-order chi connectivity index (χ0) is 15.0. The number of methoxy groups -OCH3 is 1. The molecule has 1 rings (SSSR count). The summed E-state index contributed by atoms with van der Waals surface area (Å²) < 4.78 is 22.5. The highest BCUT2D eigenvalue weighted by Crippen LogP contribution is 2.10. The minimum atomic E-state index is -1.14. The van der Waals surface area contributed by atoms with Crippen LogP contribution in [-0.4, -0.2) is 43.3 Å². The lowest BCUT2D eigenvalue weighted by atomic mass is 10.3. The molecule has 2 N–H and O–H groups in total. The van der Waals surface area contributed by atoms with Gasteiger partial charge in [-0.05, 0) is 24.3 Å². The van der Waals surface area contributed by atoms with Gasteiger partial charge in [0.15, 0.2) is 6.10 Å². The number of carboxylic acids is 1. The molecule has 0 spiro atoms. The fourth-order valence-electron chi connectivity index (χ4n) is 1.36. The predicted octanol–water partition coefficient (Wildman–Crippen LogP) is 0.810. The van der Waals surface area contributed by atoms with E-state index < -0.39 is 12.1 Å². The topological polar surface area (TPSA) is 84.9 Å². The van der Waals surface area contributed by atoms with Gasteiger partial charge in [0.2, 0.25) is 5.91 Å². The number of amides is 1. The van der Waals surface area contributed by atoms with Gasteiger partial charge in [-0.15, -0.1) is 0 Å². The van der Waals surface area contributed by atoms with E-state index in [0.29, 0.717) is 5.75 Å². The summed E-state index contributed by atoms with van der Waals surface area (Å²) in [6.07, 6.45) is -1.01. The Labute approximate surface area is 115 Å². The van der Waals surface area contributed by atoms with Gasteiger partial charge in [0.05, 0.1) is 19.6 Å². The normalized spacial score (nSPS) is 11.7. The third-order valence-corrected chi connectivity index (χ3v) is 2.46. The molecule has 6 nitrogen and oxygen atoms in total. The van der Waals surface area contributed by atoms with Crippen LogP contribution in [0.2, 0.25) is 0 Å². The molecule has 1 aromatic carbocycles. The molecule has 0 saturated heterocycles. The van der Waals surface area contributed by atoms with Crippen LogP contribution in [0.1, 0.15) is 6.42 Å². The fraction of sp³-hybridized carbons (Fsp3) is 0.385. The molecule has 1 atom stereocenters. The molecule has 110 valence electrons. The van der Waals surface area contributed by atoms with Crippen LogP contribution in [0.3, 0.4) is 0 Å². The summed E-state index contributed by atoms with van der Waals surface area (Å²) in [4.78, 5) is 22.1. The number of halogens is 1. The van der Waals surface area contributed by atoms with Gasteiger partial charge in [-0.2, -0.15) is 0 Å². The first kappa shape index (κ1) is 15.9. The molecule has 0 aliphatic rings. The molecule has 0 bridgehead atoms. The molecule has 7 heteroatoms. The Morgan fingerprint density at radius 3 is 2.55 bits per heavy atom. The molecule has 1 unspecified atom stereocenters. The van der Waals surface area contributed by atoms with Crippen molar-refractivity contribution in [3.63, 3.8) is 0 Å². The third-order valence-electron chi connectivity index (χ3n) is 2.46. The first-order valence-electron chi connectivity index (χ1n) is 5.93. The number of aliphatic carboxylic acids is 1. The summed E-state index contributed by atoms with van der Waals surface area (Å²) in [7, 11) is 1.25. The van der Waals surface area contributed by atoms with E-state index in [2.05, 4.69) is 10.1 Å². The number of benzene rings is 1. The number of carboxylic acid groups (broad SMARTS) is 1. The minimum absolute atomic E-state index is 0.0629. The van der Waals surface area contributed by atoms with Crippen molar-refractivity contribution < 1.29 is 28.6 Å². The van der Waals surface area contributed by atoms with E-state index in [1.165, 1.54) is 31.4 Å². The van der Waals surface area contributed by atoms with E-state index in [9.17, 15) is 14.0 Å². The van der Waals surface area contributed by atoms with E-state index in [0.717, 1.165) is 0 Å². The van der Waals surface area contributed by atoms with Gasteiger partial charge in [-0.3, -0.25) is 4.79 Å². The Kier molecular flexibility index (Phi) is 6.45. The standard InChI is InChI=1S/C13H16FNO5/c1-19-11(13(17)18)8-15-12(16)6-7-20-10-4-2-9(14)3-5-10/h2-5,11H,6-8H2,1H3,(H,15,16)(H,17,18). The highest BCUT2D eigenvalue weighted by Gasteiger charge is 2.16. The number of nitrogens with one attached hydrogen (secondary N) is 1. The largest absolute Gasteiger partial charge is 0.493 e. The van der Waals surface area contributed by atoms with Crippen molar-refractivity contribution in [2.24, 2.45) is 0 Å². The Balaban J connectivity index is 2.23. The number of ether oxygens (including phenoxy) is 2. The monoisotopic (exact) mass is 285 g/mol. The number of hydrogen-bond donors (Lipinski definition) is 2. The van der Waals surface area contributed by atoms with E-state index in [1.807, 2.05) is 0 Å². The van der Waals surface area contributed by atoms with Crippen molar-refractivity contribution in [2.45, 2.75) is 12.5 Å². The second-order valence-electron chi connectivity index (χ2n) is 3.92. The fourth-order valence-corrected chi connectivity index (χ4v) is 1.36. The SMILES string of the molecule is COC(CNC(=O)CCOc1ccc(F)cc1)C(=O)O. The molecule has 0 aliphatic carbocycles. The van der Waals surface area contributed by atoms with Gasteiger partial charge in [-0.25, -0.2) is 9.18 Å². The molecule has 0 radical (unpaired) electrons. The molecular weight excluding hydrogens is 269 g/mol. The van der Waals surface area contributed by atoms with Crippen LogP contribution in [0.25, 0.3) is 0 Å². The highest BCUT2D eigenvalue weighted by atomic mass is 19.1. The Morgan fingerprint density at radius 1 is 1.35 bits per heavy atom. The number of carbonyl (C=O) groups is 2. The lowest BCUT2D eigenvalue weighted by molar-refractivity contribution is -0.148. The van der Waals surface area contributed by atoms with Gasteiger partial charge in [-0.1, -0.05) is 0 Å². The second-order valence-corrected chi connectivity index (χ2v) is 3.92. The maximum absolute atomic E-state index is 12.6. The molecule has 1 aromatic rings. The average Bonchev–Trinajstić information content (AvgIpc) is 2.41. The molecule has 0 fully saturated rings. The summed E-state index contributed by atoms with van der Waals surface area (Å²) >= 11 is 0. The van der Waals surface area contributed by atoms with Crippen LogP contribution < -0.4 is 10.1 Å². The molecular formula is C13H16FNO5. The van der Waals surface area contributed by atoms with Crippen molar-refractivity contribution in [1.82, 2.24) is 5.32 Å². The number of carbonyl (C=O) groups excluding carboxylic acids is 1. The third kappa shape index (κ3) is 5.66. The summed E-state index contributed by atoms with van der Waals surface area (Å²) in [6, 6.07) is 5.42. The van der Waals surface area contributed by atoms with Crippen LogP contribution in [0.5, 0.6) is 5.75 Å². The predicted molar refractivity (Wildman–Crippen MR) is 68.0 cm³/mol. The van der Waals surface area contributed by atoms with Crippen LogP contribution in [0.15, 0.2) is 24.3 Å². The van der Waals surface area contributed by atoms with Gasteiger partial charge in [0.25, 0.3) is 0 Å². The number of rotatable bonds is 8. The first-order valence-corrected chi connectivity index (χ1v) is 5.93. The summed E-state index contributed by atoms with van der Waals surface area (Å²) in [5.74, 6) is -1.40. The van der Waals surface area contributed by atoms with Gasteiger partial charge >= 0.3 is 5.97 Å². The van der Waals surface area contributed by atoms with E-state index in [4.69, 9.17) is 9.84 Å². The lowest BCUT2D eigenvalue weighted by Crippen LogP contribution is -2.38. The number of hydrogen-bond acceptors (Lipinski definition) is 4. The average molecular weight is 285 g/mol. The van der Waals surface area contributed by atoms with Crippen molar-refractivity contribution in [3.05, 3.63) is 30.1 Å². The summed E-state index contributed by atoms with van der Waals surface area (Å²) in [5.41, 5.74) is 0. The van der Waals surface area contributed by atoms with Crippen LogP contribution in [0.4, 0.5) is 4.39 Å². The second kappa shape index (κ2) is 8.11. The zero-order valence-corrected chi connectivity index (χ0v) is 11.0. The van der Waals surface area contributed by atoms with E-state index in [1.54, 1.807) is 0 Å². The Bertz CT molecular complexity index is 449. The van der Waals surface area contributed by atoms with E-state index >= 15 is 0 Å². The molecule has 0 aromatic heterocycles. The smallest absolute Gasteiger partial charge is 0.334 e. The van der Waals surface area contributed by atoms with Crippen LogP contribution in [0, 0.1) is 5.82 Å². The minimum Gasteiger partial charge on any atom is -0.493 e. The summed E-state index contributed by atoms with van der Waals surface area (Å²) in [5, 5.41) is 11.1. The van der Waals surface area contributed by atoms with Crippen LogP contribution >= 0.6 is 0 Å². The highest BCUT2D eigenvalue weighted by molar-refractivity contribution is 5.78. The molecule has 20 heavy (non-hydrogen) atoms. The summed E-state index contributed by atoms with van der Waals surface area (Å²) in [6.45, 7) is 0.00337. The van der Waals surface area contributed by atoms with Crippen molar-refractivity contribution in [1.29, 1.82) is 0 Å². The molecule has 0 aliphatic heterocycles. The van der Waals surface area contributed by atoms with Crippen molar-refractivity contribution >= 4 is 11.9 Å². The van der Waals surface area contributed by atoms with Gasteiger partial charge in [0, 0.05) is 7.11 Å². The maximum Gasteiger partial charge on any atom is 0.334 e. The first-order chi connectivity index (χ1) is 9.52. The Morgan fingerprint density at radius 2 is 2.00 bits per heavy atom. The molecule has 1 amide bonds. The van der Waals surface area contributed by atoms with Gasteiger partial charge in [0.1, 0.15) is 11.6 Å². The van der Waals surface area contributed by atoms with Gasteiger partial charge < -0.3 is 19.9 Å². The maximum atomic E-state index is 12.6. The Hall–Kier alpha value is -2.15. The molecule has 0 heterocycles. The van der Waals surface area contributed by atoms with Crippen molar-refractivity contribution in [3.8, 4) is 5.75 Å². The van der Waals surface area contributed by atoms with Crippen molar-refractivity contribution in [2.75, 3.05) is 20.3 Å². The zero-order valence-electron chi connectivity index (χ0n) is 11.0. The lowest BCUT2D eigenvalue weighted by Gasteiger charge is -2.11. The van der Waals surface area contributed by atoms with Crippen LogP contribution in [-0.2, 0) is 14.3 Å².